The first-order valence-electron chi connectivity index (χ1n) is 6.32. The van der Waals surface area contributed by atoms with E-state index in [9.17, 15) is 22.8 Å². The largest absolute Gasteiger partial charge is 0.573 e. The molecule has 7 nitrogen and oxygen atoms in total. The van der Waals surface area contributed by atoms with Gasteiger partial charge in [0, 0.05) is 0 Å². The standard InChI is InChI=1S/C13H9F3N4O3/c14-13(15,16)23-7-3-1-6(2-4-7)20-11(17)10-8(19-20)5-9(21)18-12(10)22/h1-4H,5,17H2,(H,18,21,22). The molecule has 23 heavy (non-hydrogen) atoms. The first kappa shape index (κ1) is 14.9. The maximum atomic E-state index is 12.1. The van der Waals surface area contributed by atoms with Crippen LogP contribution in [0.5, 0.6) is 5.75 Å². The molecule has 0 atom stereocenters. The quantitative estimate of drug-likeness (QED) is 0.807. The zero-order valence-electron chi connectivity index (χ0n) is 11.3. The van der Waals surface area contributed by atoms with Crippen LogP contribution in [0, 0.1) is 0 Å². The van der Waals surface area contributed by atoms with E-state index in [1.807, 2.05) is 0 Å². The van der Waals surface area contributed by atoms with E-state index < -0.39 is 23.9 Å². The summed E-state index contributed by atoms with van der Waals surface area (Å²) in [6.45, 7) is 0. The normalized spacial score (nSPS) is 14.4. The number of hydrogen-bond acceptors (Lipinski definition) is 5. The Bertz CT molecular complexity index is 796. The zero-order chi connectivity index (χ0) is 16.8. The van der Waals surface area contributed by atoms with Gasteiger partial charge < -0.3 is 10.5 Å². The molecule has 3 rings (SSSR count). The van der Waals surface area contributed by atoms with Gasteiger partial charge in [-0.1, -0.05) is 0 Å². The van der Waals surface area contributed by atoms with Crippen LogP contribution in [0.25, 0.3) is 5.69 Å². The van der Waals surface area contributed by atoms with Gasteiger partial charge in [-0.25, -0.2) is 4.68 Å². The Morgan fingerprint density at radius 3 is 2.48 bits per heavy atom. The number of nitrogens with two attached hydrogens (primary N) is 1. The second-order valence-corrected chi connectivity index (χ2v) is 4.71. The molecule has 1 aliphatic rings. The number of nitrogen functional groups attached to an aromatic ring is 1. The van der Waals surface area contributed by atoms with Crippen molar-refractivity contribution < 1.29 is 27.5 Å². The molecular weight excluding hydrogens is 317 g/mol. The number of benzene rings is 1. The Morgan fingerprint density at radius 1 is 1.22 bits per heavy atom. The lowest BCUT2D eigenvalue weighted by Crippen LogP contribution is -2.37. The van der Waals surface area contributed by atoms with Crippen molar-refractivity contribution in [3.8, 4) is 11.4 Å². The molecule has 2 heterocycles. The minimum atomic E-state index is -4.79. The number of nitrogens with zero attached hydrogens (tertiary/aromatic N) is 2. The number of aromatic nitrogens is 2. The van der Waals surface area contributed by atoms with Gasteiger partial charge in [0.2, 0.25) is 5.91 Å². The number of amides is 2. The van der Waals surface area contributed by atoms with Crippen molar-refractivity contribution in [3.05, 3.63) is 35.5 Å². The molecular formula is C13H9F3N4O3. The number of carbonyl (C=O) groups excluding carboxylic acids is 2. The van der Waals surface area contributed by atoms with Gasteiger partial charge in [0.25, 0.3) is 5.91 Å². The minimum absolute atomic E-state index is 0.00510. The highest BCUT2D eigenvalue weighted by Gasteiger charge is 2.32. The smallest absolute Gasteiger partial charge is 0.406 e. The lowest BCUT2D eigenvalue weighted by atomic mass is 10.1. The van der Waals surface area contributed by atoms with E-state index in [2.05, 4.69) is 15.2 Å². The molecule has 0 saturated carbocycles. The van der Waals surface area contributed by atoms with Crippen molar-refractivity contribution >= 4 is 17.6 Å². The van der Waals surface area contributed by atoms with E-state index in [4.69, 9.17) is 5.73 Å². The fourth-order valence-electron chi connectivity index (χ4n) is 2.22. The molecule has 1 aromatic heterocycles. The molecule has 1 aliphatic heterocycles. The van der Waals surface area contributed by atoms with Crippen LogP contribution in [0.4, 0.5) is 19.0 Å². The number of ether oxygens (including phenoxy) is 1. The molecule has 3 N–H and O–H groups in total. The average Bonchev–Trinajstić information content (AvgIpc) is 2.75. The molecule has 0 unspecified atom stereocenters. The number of carbonyl (C=O) groups is 2. The lowest BCUT2D eigenvalue weighted by Gasteiger charge is -2.10. The maximum Gasteiger partial charge on any atom is 0.573 e. The van der Waals surface area contributed by atoms with Gasteiger partial charge in [-0.2, -0.15) is 5.10 Å². The summed E-state index contributed by atoms with van der Waals surface area (Å²) in [5.74, 6) is -1.56. The molecule has 0 fully saturated rings. The Hall–Kier alpha value is -3.04. The van der Waals surface area contributed by atoms with Crippen LogP contribution < -0.4 is 15.8 Å². The maximum absolute atomic E-state index is 12.1. The summed E-state index contributed by atoms with van der Waals surface area (Å²) in [6.07, 6.45) is -4.89. The van der Waals surface area contributed by atoms with Crippen LogP contribution in [0.3, 0.4) is 0 Å². The molecule has 1 aromatic carbocycles. The van der Waals surface area contributed by atoms with Gasteiger partial charge >= 0.3 is 6.36 Å². The number of halogens is 3. The van der Waals surface area contributed by atoms with Crippen LogP contribution >= 0.6 is 0 Å². The van der Waals surface area contributed by atoms with Crippen LogP contribution in [0.1, 0.15) is 16.1 Å². The van der Waals surface area contributed by atoms with Crippen molar-refractivity contribution in [1.29, 1.82) is 0 Å². The predicted molar refractivity (Wildman–Crippen MR) is 70.8 cm³/mol. The van der Waals surface area contributed by atoms with E-state index in [-0.39, 0.29) is 23.5 Å². The number of anilines is 1. The molecule has 10 heteroatoms. The highest BCUT2D eigenvalue weighted by Crippen LogP contribution is 2.27. The number of hydrogen-bond donors (Lipinski definition) is 2. The number of alkyl halides is 3. The third-order valence-corrected chi connectivity index (χ3v) is 3.12. The molecule has 2 aromatic rings. The SMILES string of the molecule is Nc1c2c(nn1-c1ccc(OC(F)(F)F)cc1)CC(=O)NC2=O. The second-order valence-electron chi connectivity index (χ2n) is 4.71. The van der Waals surface area contributed by atoms with Crippen molar-refractivity contribution in [1.82, 2.24) is 15.1 Å². The summed E-state index contributed by atoms with van der Waals surface area (Å²) < 4.78 is 41.3. The summed E-state index contributed by atoms with van der Waals surface area (Å²) >= 11 is 0. The summed E-state index contributed by atoms with van der Waals surface area (Å²) in [4.78, 5) is 23.1. The predicted octanol–water partition coefficient (Wildman–Crippen LogP) is 1.17. The number of imide groups is 1. The van der Waals surface area contributed by atoms with Crippen molar-refractivity contribution in [3.63, 3.8) is 0 Å². The third kappa shape index (κ3) is 2.82. The minimum Gasteiger partial charge on any atom is -0.406 e. The van der Waals surface area contributed by atoms with Crippen LogP contribution in [-0.2, 0) is 11.2 Å². The van der Waals surface area contributed by atoms with E-state index >= 15 is 0 Å². The molecule has 120 valence electrons. The van der Waals surface area contributed by atoms with Gasteiger partial charge in [0.15, 0.2) is 0 Å². The van der Waals surface area contributed by atoms with E-state index in [0.717, 1.165) is 12.1 Å². The molecule has 0 saturated heterocycles. The summed E-state index contributed by atoms with van der Waals surface area (Å²) in [5, 5.41) is 6.19. The fourth-order valence-corrected chi connectivity index (χ4v) is 2.22. The molecule has 0 spiro atoms. The Labute approximate surface area is 126 Å². The average molecular weight is 326 g/mol. The van der Waals surface area contributed by atoms with Gasteiger partial charge in [0.1, 0.15) is 17.1 Å². The van der Waals surface area contributed by atoms with Crippen molar-refractivity contribution in [2.75, 3.05) is 5.73 Å². The van der Waals surface area contributed by atoms with Crippen LogP contribution in [0.2, 0.25) is 0 Å². The highest BCUT2D eigenvalue weighted by molar-refractivity contribution is 6.11. The highest BCUT2D eigenvalue weighted by atomic mass is 19.4. The van der Waals surface area contributed by atoms with Gasteiger partial charge in [-0.3, -0.25) is 14.9 Å². The monoisotopic (exact) mass is 326 g/mol. The molecule has 0 bridgehead atoms. The Morgan fingerprint density at radius 2 is 1.87 bits per heavy atom. The second kappa shape index (κ2) is 5.00. The lowest BCUT2D eigenvalue weighted by molar-refractivity contribution is -0.274. The van der Waals surface area contributed by atoms with E-state index in [0.29, 0.717) is 5.69 Å². The van der Waals surface area contributed by atoms with Gasteiger partial charge in [0.05, 0.1) is 17.8 Å². The van der Waals surface area contributed by atoms with Gasteiger partial charge in [-0.15, -0.1) is 13.2 Å². The van der Waals surface area contributed by atoms with Crippen LogP contribution in [-0.4, -0.2) is 28.0 Å². The van der Waals surface area contributed by atoms with E-state index in [1.165, 1.54) is 16.8 Å². The molecule has 2 amide bonds. The molecule has 0 radical (unpaired) electrons. The first-order valence-corrected chi connectivity index (χ1v) is 6.32. The fraction of sp³-hybridized carbons (Fsp3) is 0.154. The molecule has 0 aliphatic carbocycles. The zero-order valence-corrected chi connectivity index (χ0v) is 11.3. The Balaban J connectivity index is 1.95. The summed E-state index contributed by atoms with van der Waals surface area (Å²) in [7, 11) is 0. The third-order valence-electron chi connectivity index (χ3n) is 3.12. The number of fused-ring (bicyclic) bond motifs is 1. The van der Waals surface area contributed by atoms with Crippen LogP contribution in [0.15, 0.2) is 24.3 Å². The topological polar surface area (TPSA) is 99.2 Å². The number of nitrogens with one attached hydrogen (secondary N) is 1. The number of rotatable bonds is 2. The summed E-state index contributed by atoms with van der Waals surface area (Å²) in [5.41, 5.74) is 6.47. The summed E-state index contributed by atoms with van der Waals surface area (Å²) in [6, 6.07) is 4.79. The van der Waals surface area contributed by atoms with Gasteiger partial charge in [-0.05, 0) is 24.3 Å². The van der Waals surface area contributed by atoms with Crippen molar-refractivity contribution in [2.45, 2.75) is 12.8 Å². The van der Waals surface area contributed by atoms with Crippen molar-refractivity contribution in [2.24, 2.45) is 0 Å². The first-order chi connectivity index (χ1) is 10.7. The van der Waals surface area contributed by atoms with E-state index in [1.54, 1.807) is 0 Å². The Kier molecular flexibility index (Phi) is 3.24.